The van der Waals surface area contributed by atoms with Gasteiger partial charge in [0.05, 0.1) is 26.4 Å². The molecule has 2 N–H and O–H groups in total. The van der Waals surface area contributed by atoms with Crippen LogP contribution in [-0.2, 0) is 14.8 Å². The van der Waals surface area contributed by atoms with E-state index in [1.165, 1.54) is 36.6 Å². The molecule has 186 valence electrons. The maximum absolute atomic E-state index is 12.7. The SMILES string of the molecule is Cc1cc(C)nc(NS(=O)(=O)c2ccc(N=C3NC(=O)/C(=C\c4coc5ccccc5c4=O)S3)cc2)n1. The summed E-state index contributed by atoms with van der Waals surface area (Å²) in [5, 5.41) is 3.35. The first-order valence-corrected chi connectivity index (χ1v) is 13.2. The van der Waals surface area contributed by atoms with Crippen LogP contribution >= 0.6 is 11.8 Å². The molecule has 1 saturated heterocycles. The van der Waals surface area contributed by atoms with E-state index in [4.69, 9.17) is 4.42 Å². The van der Waals surface area contributed by atoms with E-state index in [1.54, 1.807) is 44.2 Å². The van der Waals surface area contributed by atoms with Gasteiger partial charge in [0.25, 0.3) is 15.9 Å². The number of anilines is 1. The van der Waals surface area contributed by atoms with E-state index < -0.39 is 15.9 Å². The Labute approximate surface area is 215 Å². The third kappa shape index (κ3) is 5.29. The number of aliphatic imine (C=N–C) groups is 1. The van der Waals surface area contributed by atoms with Crippen LogP contribution in [0.1, 0.15) is 17.0 Å². The zero-order valence-electron chi connectivity index (χ0n) is 19.6. The van der Waals surface area contributed by atoms with Gasteiger partial charge in [-0.25, -0.2) is 28.1 Å². The number of carbonyl (C=O) groups excluding carboxylic acids is 1. The number of hydrogen-bond donors (Lipinski definition) is 2. The van der Waals surface area contributed by atoms with E-state index in [0.717, 1.165) is 11.8 Å². The lowest BCUT2D eigenvalue weighted by Gasteiger charge is -2.08. The summed E-state index contributed by atoms with van der Waals surface area (Å²) in [6.07, 6.45) is 2.77. The second-order valence-electron chi connectivity index (χ2n) is 8.07. The molecule has 0 bridgehead atoms. The Hall–Kier alpha value is -4.29. The molecule has 0 spiro atoms. The zero-order valence-corrected chi connectivity index (χ0v) is 21.2. The standard InChI is InChI=1S/C25H19N5O5S2/c1-14-11-15(2)27-24(26-14)30-37(33,34)18-9-7-17(8-10-18)28-25-29-23(32)21(36-25)12-16-13-35-20-6-4-3-5-19(20)22(16)31/h3-13H,1-2H3,(H,26,27,30)(H,28,29,32)/b21-12+. The van der Waals surface area contributed by atoms with Crippen molar-refractivity contribution in [2.75, 3.05) is 4.72 Å². The van der Waals surface area contributed by atoms with E-state index in [-0.39, 0.29) is 26.7 Å². The molecule has 1 amide bonds. The van der Waals surface area contributed by atoms with Crippen molar-refractivity contribution in [3.63, 3.8) is 0 Å². The summed E-state index contributed by atoms with van der Waals surface area (Å²) in [7, 11) is -3.91. The molecule has 0 atom stereocenters. The normalized spacial score (nSPS) is 15.9. The molecule has 2 aromatic heterocycles. The van der Waals surface area contributed by atoms with Gasteiger partial charge in [-0.2, -0.15) is 0 Å². The predicted molar refractivity (Wildman–Crippen MR) is 142 cm³/mol. The van der Waals surface area contributed by atoms with Gasteiger partial charge >= 0.3 is 0 Å². The topological polar surface area (TPSA) is 144 Å². The molecular formula is C25H19N5O5S2. The number of thioether (sulfide) groups is 1. The molecule has 0 unspecified atom stereocenters. The second kappa shape index (κ2) is 9.64. The van der Waals surface area contributed by atoms with Crippen LogP contribution in [0, 0.1) is 13.8 Å². The average Bonchev–Trinajstić information content (AvgIpc) is 3.18. The van der Waals surface area contributed by atoms with Crippen molar-refractivity contribution >= 4 is 61.5 Å². The number of amidine groups is 1. The van der Waals surface area contributed by atoms with Crippen LogP contribution in [0.5, 0.6) is 0 Å². The molecule has 0 saturated carbocycles. The van der Waals surface area contributed by atoms with Crippen LogP contribution < -0.4 is 15.5 Å². The number of nitrogens with zero attached hydrogens (tertiary/aromatic N) is 3. The van der Waals surface area contributed by atoms with E-state index in [1.807, 2.05) is 0 Å². The molecule has 1 aliphatic heterocycles. The second-order valence-corrected chi connectivity index (χ2v) is 10.8. The number of aryl methyl sites for hydroxylation is 2. The smallest absolute Gasteiger partial charge is 0.264 e. The summed E-state index contributed by atoms with van der Waals surface area (Å²) in [6.45, 7) is 3.50. The highest BCUT2D eigenvalue weighted by molar-refractivity contribution is 8.18. The highest BCUT2D eigenvalue weighted by Gasteiger charge is 2.25. The number of carbonyl (C=O) groups is 1. The molecule has 2 aromatic carbocycles. The minimum absolute atomic E-state index is 0.00549. The molecule has 5 rings (SSSR count). The predicted octanol–water partition coefficient (Wildman–Crippen LogP) is 3.89. The van der Waals surface area contributed by atoms with Crippen LogP contribution in [0.2, 0.25) is 0 Å². The van der Waals surface area contributed by atoms with Gasteiger partial charge in [-0.05, 0) is 74.1 Å². The number of para-hydroxylation sites is 1. The third-order valence-corrected chi connectivity index (χ3v) is 7.48. The summed E-state index contributed by atoms with van der Waals surface area (Å²) in [5.74, 6) is -0.417. The minimum Gasteiger partial charge on any atom is -0.463 e. The number of sulfonamides is 1. The molecule has 1 fully saturated rings. The quantitative estimate of drug-likeness (QED) is 0.368. The van der Waals surface area contributed by atoms with Crippen molar-refractivity contribution < 1.29 is 17.6 Å². The number of rotatable bonds is 5. The first-order chi connectivity index (χ1) is 17.7. The summed E-state index contributed by atoms with van der Waals surface area (Å²) in [4.78, 5) is 38.0. The molecule has 3 heterocycles. The van der Waals surface area contributed by atoms with Crippen molar-refractivity contribution in [1.82, 2.24) is 15.3 Å². The van der Waals surface area contributed by atoms with Gasteiger partial charge in [-0.3, -0.25) is 9.59 Å². The van der Waals surface area contributed by atoms with Gasteiger partial charge < -0.3 is 9.73 Å². The number of benzene rings is 2. The van der Waals surface area contributed by atoms with Gasteiger partial charge in [-0.1, -0.05) is 12.1 Å². The zero-order chi connectivity index (χ0) is 26.2. The molecule has 0 aliphatic carbocycles. The van der Waals surface area contributed by atoms with Gasteiger partial charge in [0.15, 0.2) is 10.6 Å². The van der Waals surface area contributed by atoms with Gasteiger partial charge in [0, 0.05) is 11.4 Å². The Morgan fingerprint density at radius 2 is 1.73 bits per heavy atom. The lowest BCUT2D eigenvalue weighted by Crippen LogP contribution is -2.19. The number of aromatic nitrogens is 2. The Morgan fingerprint density at radius 3 is 2.46 bits per heavy atom. The Bertz CT molecular complexity index is 1760. The summed E-state index contributed by atoms with van der Waals surface area (Å²) < 4.78 is 33.3. The van der Waals surface area contributed by atoms with Crippen molar-refractivity contribution in [1.29, 1.82) is 0 Å². The van der Waals surface area contributed by atoms with E-state index in [0.29, 0.717) is 33.2 Å². The fraction of sp³-hybridized carbons (Fsp3) is 0.0800. The highest BCUT2D eigenvalue weighted by Crippen LogP contribution is 2.28. The minimum atomic E-state index is -3.91. The van der Waals surface area contributed by atoms with Crippen molar-refractivity contribution in [3.8, 4) is 0 Å². The Balaban J connectivity index is 1.34. The number of fused-ring (bicyclic) bond motifs is 1. The Morgan fingerprint density at radius 1 is 1.03 bits per heavy atom. The molecular weight excluding hydrogens is 514 g/mol. The van der Waals surface area contributed by atoms with E-state index >= 15 is 0 Å². The summed E-state index contributed by atoms with van der Waals surface area (Å²) in [5.41, 5.74) is 2.17. The van der Waals surface area contributed by atoms with Gasteiger partial charge in [0.2, 0.25) is 5.95 Å². The highest BCUT2D eigenvalue weighted by atomic mass is 32.2. The largest absolute Gasteiger partial charge is 0.463 e. The fourth-order valence-corrected chi connectivity index (χ4v) is 5.36. The molecule has 12 heteroatoms. The van der Waals surface area contributed by atoms with Crippen molar-refractivity contribution in [3.05, 3.63) is 92.9 Å². The number of amides is 1. The van der Waals surface area contributed by atoms with E-state index in [2.05, 4.69) is 25.0 Å². The molecule has 1 aliphatic rings. The molecule has 37 heavy (non-hydrogen) atoms. The Kier molecular flexibility index (Phi) is 6.36. The number of nitrogens with one attached hydrogen (secondary N) is 2. The van der Waals surface area contributed by atoms with Crippen LogP contribution in [-0.4, -0.2) is 29.5 Å². The molecule has 0 radical (unpaired) electrons. The van der Waals surface area contributed by atoms with Crippen LogP contribution in [0.15, 0.2) is 84.9 Å². The van der Waals surface area contributed by atoms with E-state index in [9.17, 15) is 18.0 Å². The average molecular weight is 534 g/mol. The molecule has 4 aromatic rings. The van der Waals surface area contributed by atoms with Crippen molar-refractivity contribution in [2.24, 2.45) is 4.99 Å². The van der Waals surface area contributed by atoms with Gasteiger partial charge in [-0.15, -0.1) is 0 Å². The number of hydrogen-bond acceptors (Lipinski definition) is 9. The maximum atomic E-state index is 12.7. The summed E-state index contributed by atoms with van der Waals surface area (Å²) in [6, 6.07) is 14.4. The third-order valence-electron chi connectivity index (χ3n) is 5.23. The van der Waals surface area contributed by atoms with Gasteiger partial charge in [0.1, 0.15) is 11.8 Å². The van der Waals surface area contributed by atoms with Crippen molar-refractivity contribution in [2.45, 2.75) is 18.7 Å². The fourth-order valence-electron chi connectivity index (χ4n) is 3.58. The molecule has 10 nitrogen and oxygen atoms in total. The maximum Gasteiger partial charge on any atom is 0.264 e. The first kappa shape index (κ1) is 24.4. The lowest BCUT2D eigenvalue weighted by molar-refractivity contribution is -0.115. The summed E-state index contributed by atoms with van der Waals surface area (Å²) >= 11 is 1.06. The monoisotopic (exact) mass is 533 g/mol. The first-order valence-electron chi connectivity index (χ1n) is 10.9. The lowest BCUT2D eigenvalue weighted by atomic mass is 10.1. The van der Waals surface area contributed by atoms with Crippen LogP contribution in [0.25, 0.3) is 17.0 Å². The van der Waals surface area contributed by atoms with Crippen LogP contribution in [0.3, 0.4) is 0 Å². The van der Waals surface area contributed by atoms with Crippen LogP contribution in [0.4, 0.5) is 11.6 Å².